The largest absolute Gasteiger partial charge is 0.299 e. The number of benzene rings is 2. The molecule has 3 rings (SSSR count). The Morgan fingerprint density at radius 3 is 2.19 bits per heavy atom. The number of hydrogen-bond acceptors (Lipinski definition) is 6. The number of nitrogens with zero attached hydrogens (tertiary/aromatic N) is 3. The van der Waals surface area contributed by atoms with Gasteiger partial charge in [-0.3, -0.25) is 14.4 Å². The number of hydrogen-bond donors (Lipinski definition) is 1. The second kappa shape index (κ2) is 9.15. The lowest BCUT2D eigenvalue weighted by molar-refractivity contribution is -0.117. The Kier molecular flexibility index (Phi) is 6.76. The number of aromatic nitrogens is 2. The molecule has 0 bridgehead atoms. The molecule has 1 aromatic heterocycles. The number of sulfonamides is 1. The number of carbonyl (C=O) groups is 1. The van der Waals surface area contributed by atoms with Crippen LogP contribution < -0.4 is 9.62 Å². The molecular formula is C22H26N4O3S2. The van der Waals surface area contributed by atoms with Gasteiger partial charge >= 0.3 is 0 Å². The number of nitrogens with one attached hydrogen (secondary N) is 1. The molecule has 0 unspecified atom stereocenters. The molecule has 0 spiro atoms. The zero-order valence-corrected chi connectivity index (χ0v) is 19.8. The average molecular weight is 459 g/mol. The number of aryl methyl sites for hydroxylation is 3. The predicted molar refractivity (Wildman–Crippen MR) is 126 cm³/mol. The van der Waals surface area contributed by atoms with Crippen LogP contribution in [0.4, 0.5) is 10.8 Å². The Morgan fingerprint density at radius 2 is 1.65 bits per heavy atom. The Morgan fingerprint density at radius 1 is 1.03 bits per heavy atom. The molecule has 0 saturated heterocycles. The van der Waals surface area contributed by atoms with Crippen LogP contribution in [0.1, 0.15) is 30.0 Å². The Hall–Kier alpha value is -2.78. The van der Waals surface area contributed by atoms with Crippen LogP contribution >= 0.6 is 11.3 Å². The smallest absolute Gasteiger partial charge is 0.250 e. The molecule has 2 aromatic carbocycles. The van der Waals surface area contributed by atoms with E-state index in [0.717, 1.165) is 28.5 Å². The van der Waals surface area contributed by atoms with Crippen molar-refractivity contribution in [3.63, 3.8) is 0 Å². The summed E-state index contributed by atoms with van der Waals surface area (Å²) in [6.07, 6.45) is 1.41. The Labute approximate surface area is 187 Å². The van der Waals surface area contributed by atoms with Crippen LogP contribution in [0.5, 0.6) is 0 Å². The first-order valence-electron chi connectivity index (χ1n) is 9.87. The summed E-state index contributed by atoms with van der Waals surface area (Å²) < 4.78 is 26.5. The summed E-state index contributed by atoms with van der Waals surface area (Å²) >= 11 is 1.25. The molecule has 31 heavy (non-hydrogen) atoms. The molecule has 3 aromatic rings. The minimum absolute atomic E-state index is 0.301. The van der Waals surface area contributed by atoms with Crippen LogP contribution in [0.15, 0.2) is 42.5 Å². The summed E-state index contributed by atoms with van der Waals surface area (Å²) in [5.41, 5.74) is 4.36. The number of anilines is 2. The van der Waals surface area contributed by atoms with Crippen LogP contribution in [0.3, 0.4) is 0 Å². The van der Waals surface area contributed by atoms with E-state index in [9.17, 15) is 13.2 Å². The molecule has 164 valence electrons. The third kappa shape index (κ3) is 5.48. The molecule has 0 fully saturated rings. The third-order valence-electron chi connectivity index (χ3n) is 4.74. The molecule has 0 saturated carbocycles. The van der Waals surface area contributed by atoms with E-state index in [0.29, 0.717) is 22.2 Å². The molecular weight excluding hydrogens is 432 g/mol. The molecule has 1 heterocycles. The van der Waals surface area contributed by atoms with Crippen molar-refractivity contribution in [2.75, 3.05) is 15.9 Å². The van der Waals surface area contributed by atoms with Crippen molar-refractivity contribution >= 4 is 38.1 Å². The van der Waals surface area contributed by atoms with Gasteiger partial charge in [-0.1, -0.05) is 54.2 Å². The number of amides is 1. The van der Waals surface area contributed by atoms with Gasteiger partial charge in [0.2, 0.25) is 21.1 Å². The van der Waals surface area contributed by atoms with E-state index >= 15 is 0 Å². The van der Waals surface area contributed by atoms with Crippen molar-refractivity contribution in [1.82, 2.24) is 10.2 Å². The summed E-state index contributed by atoms with van der Waals surface area (Å²) in [7, 11) is -3.70. The van der Waals surface area contributed by atoms with Crippen molar-refractivity contribution in [2.24, 2.45) is 0 Å². The van der Waals surface area contributed by atoms with Crippen LogP contribution in [-0.2, 0) is 14.8 Å². The zero-order chi connectivity index (χ0) is 22.8. The van der Waals surface area contributed by atoms with Crippen LogP contribution in [0.25, 0.3) is 10.6 Å². The average Bonchev–Trinajstić information content (AvgIpc) is 3.13. The monoisotopic (exact) mass is 458 g/mol. The van der Waals surface area contributed by atoms with Gasteiger partial charge in [-0.05, 0) is 50.5 Å². The first-order chi connectivity index (χ1) is 14.6. The highest BCUT2D eigenvalue weighted by Gasteiger charge is 2.32. The van der Waals surface area contributed by atoms with E-state index in [1.54, 1.807) is 19.1 Å². The van der Waals surface area contributed by atoms with E-state index in [1.165, 1.54) is 15.6 Å². The van der Waals surface area contributed by atoms with E-state index in [-0.39, 0.29) is 0 Å². The van der Waals surface area contributed by atoms with Crippen LogP contribution in [0.2, 0.25) is 0 Å². The van der Waals surface area contributed by atoms with Gasteiger partial charge in [-0.15, -0.1) is 10.2 Å². The van der Waals surface area contributed by atoms with Crippen molar-refractivity contribution in [3.05, 3.63) is 59.2 Å². The fraction of sp³-hybridized carbons (Fsp3) is 0.318. The van der Waals surface area contributed by atoms with Gasteiger partial charge in [0.15, 0.2) is 0 Å². The Balaban J connectivity index is 1.88. The highest BCUT2D eigenvalue weighted by molar-refractivity contribution is 7.92. The first-order valence-corrected chi connectivity index (χ1v) is 12.5. The minimum atomic E-state index is -3.70. The molecule has 0 aliphatic carbocycles. The van der Waals surface area contributed by atoms with Gasteiger partial charge in [0.1, 0.15) is 11.0 Å². The quantitative estimate of drug-likeness (QED) is 0.569. The maximum atomic E-state index is 13.1. The molecule has 1 N–H and O–H groups in total. The summed E-state index contributed by atoms with van der Waals surface area (Å²) in [4.78, 5) is 13.1. The number of rotatable bonds is 7. The summed E-state index contributed by atoms with van der Waals surface area (Å²) in [5, 5.41) is 12.0. The predicted octanol–water partition coefficient (Wildman–Crippen LogP) is 4.31. The third-order valence-corrected chi connectivity index (χ3v) is 6.81. The maximum absolute atomic E-state index is 13.1. The summed E-state index contributed by atoms with van der Waals surface area (Å²) in [6.45, 7) is 7.57. The summed E-state index contributed by atoms with van der Waals surface area (Å²) in [5.74, 6) is -0.446. The van der Waals surface area contributed by atoms with Crippen molar-refractivity contribution in [1.29, 1.82) is 0 Å². The molecule has 1 amide bonds. The van der Waals surface area contributed by atoms with Crippen LogP contribution in [-0.4, -0.2) is 36.8 Å². The fourth-order valence-electron chi connectivity index (χ4n) is 3.41. The highest BCUT2D eigenvalue weighted by Crippen LogP contribution is 2.28. The fourth-order valence-corrected chi connectivity index (χ4v) is 5.36. The lowest BCUT2D eigenvalue weighted by atomic mass is 10.1. The topological polar surface area (TPSA) is 92.3 Å². The van der Waals surface area contributed by atoms with Crippen molar-refractivity contribution < 1.29 is 13.2 Å². The molecule has 0 radical (unpaired) electrons. The van der Waals surface area contributed by atoms with Gasteiger partial charge in [0.05, 0.1) is 11.9 Å². The minimum Gasteiger partial charge on any atom is -0.299 e. The molecule has 9 heteroatoms. The molecule has 1 atom stereocenters. The van der Waals surface area contributed by atoms with E-state index in [2.05, 4.69) is 15.5 Å². The normalized spacial score (nSPS) is 12.4. The van der Waals surface area contributed by atoms with Gasteiger partial charge < -0.3 is 0 Å². The first kappa shape index (κ1) is 22.9. The SMILES string of the molecule is CC[C@@H](C(=O)Nc1nnc(-c2ccc(C)cc2)s1)N(c1cc(C)cc(C)c1)S(C)(=O)=O. The van der Waals surface area contributed by atoms with Crippen LogP contribution in [0, 0.1) is 20.8 Å². The second-order valence-corrected chi connectivity index (χ2v) is 10.4. The summed E-state index contributed by atoms with van der Waals surface area (Å²) in [6, 6.07) is 12.4. The molecule has 0 aliphatic rings. The second-order valence-electron chi connectivity index (χ2n) is 7.60. The molecule has 0 aliphatic heterocycles. The zero-order valence-electron chi connectivity index (χ0n) is 18.2. The van der Waals surface area contributed by atoms with Gasteiger partial charge in [-0.25, -0.2) is 8.42 Å². The van der Waals surface area contributed by atoms with E-state index in [1.807, 2.05) is 51.1 Å². The number of carbonyl (C=O) groups excluding carboxylic acids is 1. The standard InChI is InChI=1S/C22H26N4O3S2/c1-6-19(26(31(5,28)29)18-12-15(3)11-16(4)13-18)20(27)23-22-25-24-21(30-22)17-9-7-14(2)8-10-17/h7-13,19H,6H2,1-5H3,(H,23,25,27)/t19-/m0/s1. The van der Waals surface area contributed by atoms with Gasteiger partial charge in [0.25, 0.3) is 0 Å². The van der Waals surface area contributed by atoms with Crippen molar-refractivity contribution in [3.8, 4) is 10.6 Å². The van der Waals surface area contributed by atoms with E-state index in [4.69, 9.17) is 0 Å². The van der Waals surface area contributed by atoms with Gasteiger partial charge in [0, 0.05) is 5.56 Å². The highest BCUT2D eigenvalue weighted by atomic mass is 32.2. The van der Waals surface area contributed by atoms with Crippen molar-refractivity contribution in [2.45, 2.75) is 40.2 Å². The Bertz CT molecular complexity index is 1170. The molecule has 7 nitrogen and oxygen atoms in total. The maximum Gasteiger partial charge on any atom is 0.250 e. The van der Waals surface area contributed by atoms with E-state index < -0.39 is 22.0 Å². The lowest BCUT2D eigenvalue weighted by Gasteiger charge is -2.30. The lowest BCUT2D eigenvalue weighted by Crippen LogP contribution is -2.47. The van der Waals surface area contributed by atoms with Gasteiger partial charge in [-0.2, -0.15) is 0 Å².